The molecule has 7 nitrogen and oxygen atoms in total. The van der Waals surface area contributed by atoms with Crippen LogP contribution in [0.2, 0.25) is 0 Å². The number of nitrogens with one attached hydrogen (secondary N) is 1. The molecule has 0 aromatic carbocycles. The van der Waals surface area contributed by atoms with Crippen molar-refractivity contribution in [2.75, 3.05) is 40.4 Å². The number of thiophene rings is 1. The van der Waals surface area contributed by atoms with Gasteiger partial charge in [0, 0.05) is 13.1 Å². The maximum atomic E-state index is 11.9. The normalized spacial score (nSPS) is 11.9. The highest BCUT2D eigenvalue weighted by Gasteiger charge is 2.18. The van der Waals surface area contributed by atoms with Gasteiger partial charge in [0.05, 0.1) is 13.2 Å². The zero-order chi connectivity index (χ0) is 15.2. The van der Waals surface area contributed by atoms with Gasteiger partial charge < -0.3 is 14.7 Å². The van der Waals surface area contributed by atoms with Gasteiger partial charge in [0.25, 0.3) is 0 Å². The van der Waals surface area contributed by atoms with E-state index in [-0.39, 0.29) is 22.2 Å². The summed E-state index contributed by atoms with van der Waals surface area (Å²) in [6.45, 7) is 1.71. The molecule has 0 amide bonds. The van der Waals surface area contributed by atoms with Crippen LogP contribution in [0.1, 0.15) is 9.67 Å². The van der Waals surface area contributed by atoms with Crippen molar-refractivity contribution in [3.05, 3.63) is 17.0 Å². The molecule has 0 aliphatic rings. The molecule has 2 N–H and O–H groups in total. The van der Waals surface area contributed by atoms with E-state index in [1.54, 1.807) is 0 Å². The minimum absolute atomic E-state index is 0.00684. The van der Waals surface area contributed by atoms with Crippen LogP contribution in [0.25, 0.3) is 0 Å². The standard InChI is InChI=1S/C11H18N2O5S2/c1-13(2)6-8-18-7-5-12-20(16,17)10-4-3-9(19-10)11(14)15/h3-4,12H,5-8H2,1-2H3,(H,14,15). The molecule has 0 spiro atoms. The first kappa shape index (κ1) is 17.1. The van der Waals surface area contributed by atoms with Crippen molar-refractivity contribution in [2.24, 2.45) is 0 Å². The van der Waals surface area contributed by atoms with Crippen LogP contribution in [0, 0.1) is 0 Å². The third kappa shape index (κ3) is 5.55. The number of carboxylic acids is 1. The van der Waals surface area contributed by atoms with Crippen LogP contribution in [0.4, 0.5) is 0 Å². The predicted octanol–water partition coefficient (Wildman–Crippen LogP) is 0.303. The molecule has 1 heterocycles. The van der Waals surface area contributed by atoms with Crippen LogP contribution >= 0.6 is 11.3 Å². The lowest BCUT2D eigenvalue weighted by atomic mass is 10.5. The van der Waals surface area contributed by atoms with Crippen LogP contribution in [-0.2, 0) is 14.8 Å². The Morgan fingerprint density at radius 3 is 2.65 bits per heavy atom. The Kier molecular flexibility index (Phi) is 6.56. The van der Waals surface area contributed by atoms with Crippen molar-refractivity contribution in [2.45, 2.75) is 4.21 Å². The van der Waals surface area contributed by atoms with Crippen molar-refractivity contribution in [1.82, 2.24) is 9.62 Å². The van der Waals surface area contributed by atoms with Gasteiger partial charge in [-0.15, -0.1) is 11.3 Å². The first-order chi connectivity index (χ1) is 9.33. The van der Waals surface area contributed by atoms with Crippen molar-refractivity contribution in [3.63, 3.8) is 0 Å². The van der Waals surface area contributed by atoms with E-state index in [1.807, 2.05) is 19.0 Å². The molecular formula is C11H18N2O5S2. The number of carbonyl (C=O) groups is 1. The molecule has 0 aliphatic heterocycles. The molecule has 1 rings (SSSR count). The lowest BCUT2D eigenvalue weighted by molar-refractivity contribution is 0.0702. The second kappa shape index (κ2) is 7.70. The Morgan fingerprint density at radius 2 is 2.10 bits per heavy atom. The molecule has 114 valence electrons. The Labute approximate surface area is 122 Å². The van der Waals surface area contributed by atoms with Gasteiger partial charge in [0.1, 0.15) is 9.09 Å². The summed E-state index contributed by atoms with van der Waals surface area (Å²) in [5, 5.41) is 8.75. The molecule has 20 heavy (non-hydrogen) atoms. The second-order valence-electron chi connectivity index (χ2n) is 4.24. The van der Waals surface area contributed by atoms with Crippen molar-refractivity contribution < 1.29 is 23.1 Å². The third-order valence-corrected chi connectivity index (χ3v) is 5.30. The van der Waals surface area contributed by atoms with E-state index in [0.717, 1.165) is 17.9 Å². The smallest absolute Gasteiger partial charge is 0.345 e. The molecule has 0 unspecified atom stereocenters. The summed E-state index contributed by atoms with van der Waals surface area (Å²) in [7, 11) is 0.177. The van der Waals surface area contributed by atoms with E-state index in [0.29, 0.717) is 6.61 Å². The van der Waals surface area contributed by atoms with Gasteiger partial charge in [-0.1, -0.05) is 0 Å². The fraction of sp³-hybridized carbons (Fsp3) is 0.545. The number of hydrogen-bond donors (Lipinski definition) is 2. The fourth-order valence-corrected chi connectivity index (χ4v) is 3.45. The summed E-state index contributed by atoms with van der Waals surface area (Å²) in [5.74, 6) is -1.14. The van der Waals surface area contributed by atoms with E-state index in [4.69, 9.17) is 9.84 Å². The Morgan fingerprint density at radius 1 is 1.40 bits per heavy atom. The summed E-state index contributed by atoms with van der Waals surface area (Å²) in [6, 6.07) is 2.55. The zero-order valence-electron chi connectivity index (χ0n) is 11.3. The van der Waals surface area contributed by atoms with Crippen molar-refractivity contribution in [1.29, 1.82) is 0 Å². The molecule has 0 saturated carbocycles. The number of aromatic carboxylic acids is 1. The number of sulfonamides is 1. The molecule has 0 saturated heterocycles. The van der Waals surface area contributed by atoms with E-state index >= 15 is 0 Å². The Bertz CT molecular complexity index is 539. The molecular weight excluding hydrogens is 304 g/mol. The Hall–Kier alpha value is -1.00. The largest absolute Gasteiger partial charge is 0.477 e. The van der Waals surface area contributed by atoms with Crippen LogP contribution in [0.5, 0.6) is 0 Å². The van der Waals surface area contributed by atoms with Crippen LogP contribution in [-0.4, -0.2) is 64.8 Å². The fourth-order valence-electron chi connectivity index (χ4n) is 1.25. The van der Waals surface area contributed by atoms with Gasteiger partial charge in [-0.05, 0) is 26.2 Å². The number of hydrogen-bond acceptors (Lipinski definition) is 6. The summed E-state index contributed by atoms with van der Waals surface area (Å²) in [5.41, 5.74) is 0. The van der Waals surface area contributed by atoms with Gasteiger partial charge in [-0.3, -0.25) is 0 Å². The van der Waals surface area contributed by atoms with Gasteiger partial charge in [-0.2, -0.15) is 0 Å². The third-order valence-electron chi connectivity index (χ3n) is 2.28. The Balaban J connectivity index is 2.39. The molecule has 0 aliphatic carbocycles. The number of likely N-dealkylation sites (N-methyl/N-ethyl adjacent to an activating group) is 1. The summed E-state index contributed by atoms with van der Waals surface area (Å²) in [6.07, 6.45) is 0. The number of ether oxygens (including phenoxy) is 1. The zero-order valence-corrected chi connectivity index (χ0v) is 13.0. The SMILES string of the molecule is CN(C)CCOCCNS(=O)(=O)c1ccc(C(=O)O)s1. The minimum atomic E-state index is -3.66. The molecule has 0 atom stereocenters. The lowest BCUT2D eigenvalue weighted by Gasteiger charge is -2.10. The highest BCUT2D eigenvalue weighted by atomic mass is 32.2. The molecule has 0 bridgehead atoms. The second-order valence-corrected chi connectivity index (χ2v) is 7.31. The van der Waals surface area contributed by atoms with E-state index in [2.05, 4.69) is 4.72 Å². The topological polar surface area (TPSA) is 95.9 Å². The van der Waals surface area contributed by atoms with E-state index < -0.39 is 16.0 Å². The number of nitrogens with zero attached hydrogens (tertiary/aromatic N) is 1. The number of rotatable bonds is 9. The monoisotopic (exact) mass is 322 g/mol. The van der Waals surface area contributed by atoms with Crippen molar-refractivity contribution in [3.8, 4) is 0 Å². The minimum Gasteiger partial charge on any atom is -0.477 e. The van der Waals surface area contributed by atoms with E-state index in [9.17, 15) is 13.2 Å². The summed E-state index contributed by atoms with van der Waals surface area (Å²) < 4.78 is 31.3. The van der Waals surface area contributed by atoms with Gasteiger partial charge in [0.2, 0.25) is 10.0 Å². The highest BCUT2D eigenvalue weighted by Crippen LogP contribution is 2.21. The maximum Gasteiger partial charge on any atom is 0.345 e. The summed E-state index contributed by atoms with van der Waals surface area (Å²) >= 11 is 0.723. The molecule has 1 aromatic heterocycles. The molecule has 1 aromatic rings. The molecule has 9 heteroatoms. The van der Waals surface area contributed by atoms with Crippen molar-refractivity contribution >= 4 is 27.3 Å². The van der Waals surface area contributed by atoms with Crippen LogP contribution in [0.3, 0.4) is 0 Å². The average Bonchev–Trinajstić information content (AvgIpc) is 2.83. The first-order valence-corrected chi connectivity index (χ1v) is 8.18. The molecule has 0 fully saturated rings. The molecule has 0 radical (unpaired) electrons. The average molecular weight is 322 g/mol. The first-order valence-electron chi connectivity index (χ1n) is 5.88. The predicted molar refractivity (Wildman–Crippen MR) is 75.8 cm³/mol. The van der Waals surface area contributed by atoms with Gasteiger partial charge in [-0.25, -0.2) is 17.9 Å². The number of carboxylic acid groups (broad SMARTS) is 1. The maximum absolute atomic E-state index is 11.9. The quantitative estimate of drug-likeness (QED) is 0.635. The van der Waals surface area contributed by atoms with Gasteiger partial charge in [0.15, 0.2) is 0 Å². The van der Waals surface area contributed by atoms with Crippen LogP contribution in [0.15, 0.2) is 16.3 Å². The summed E-state index contributed by atoms with van der Waals surface area (Å²) in [4.78, 5) is 12.7. The lowest BCUT2D eigenvalue weighted by Crippen LogP contribution is -2.28. The van der Waals surface area contributed by atoms with Gasteiger partial charge >= 0.3 is 5.97 Å². The van der Waals surface area contributed by atoms with E-state index in [1.165, 1.54) is 12.1 Å². The highest BCUT2D eigenvalue weighted by molar-refractivity contribution is 7.91. The van der Waals surface area contributed by atoms with Crippen LogP contribution < -0.4 is 4.72 Å².